The van der Waals surface area contributed by atoms with Crippen molar-refractivity contribution in [2.45, 2.75) is 13.8 Å². The molecule has 0 aliphatic carbocycles. The number of rotatable bonds is 4. The van der Waals surface area contributed by atoms with Crippen LogP contribution < -0.4 is 0 Å². The van der Waals surface area contributed by atoms with Crippen molar-refractivity contribution in [2.24, 2.45) is 0 Å². The Morgan fingerprint density at radius 3 is 1.59 bits per heavy atom. The van der Waals surface area contributed by atoms with Crippen LogP contribution in [0.1, 0.15) is 12.5 Å². The van der Waals surface area contributed by atoms with E-state index >= 15 is 0 Å². The molecule has 2 aromatic rings. The molecule has 0 amide bonds. The van der Waals surface area contributed by atoms with Crippen molar-refractivity contribution < 1.29 is 47.9 Å². The van der Waals surface area contributed by atoms with E-state index in [1.807, 2.05) is 31.2 Å². The summed E-state index contributed by atoms with van der Waals surface area (Å²) in [6, 6.07) is 15.7. The Hall–Kier alpha value is -3.53. The monoisotopic (exact) mass is 476 g/mol. The van der Waals surface area contributed by atoms with E-state index in [0.717, 1.165) is 5.02 Å². The molecule has 9 nitrogen and oxygen atoms in total. The Bertz CT molecular complexity index is 719. The third kappa shape index (κ3) is 24.5. The lowest BCUT2D eigenvalue weighted by Crippen LogP contribution is -2.10. The number of carbonyl (C=O) groups is 3. The lowest BCUT2D eigenvalue weighted by molar-refractivity contribution is 0.0472. The van der Waals surface area contributed by atoms with Crippen molar-refractivity contribution in [3.63, 3.8) is 0 Å². The molecule has 2 N–H and O–H groups in total. The average Bonchev–Trinajstić information content (AvgIpc) is 2.75. The summed E-state index contributed by atoms with van der Waals surface area (Å²) in [5.74, 6) is -0.178. The van der Waals surface area contributed by atoms with E-state index in [0.29, 0.717) is 6.61 Å². The second kappa shape index (κ2) is 20.7. The van der Waals surface area contributed by atoms with Crippen LogP contribution in [0.15, 0.2) is 54.6 Å². The number of carboxylic acid groups (broad SMARTS) is 2. The van der Waals surface area contributed by atoms with E-state index in [4.69, 9.17) is 21.8 Å². The SMILES string of the molecule is CCOC(=O)OC.Cc1ccc(Cl)cc1.Fc1ccccc1.O=C(O)OCCOC(=O)O. The molecule has 0 aliphatic rings. The van der Waals surface area contributed by atoms with Gasteiger partial charge < -0.3 is 29.2 Å². The van der Waals surface area contributed by atoms with Gasteiger partial charge >= 0.3 is 18.5 Å². The molecule has 32 heavy (non-hydrogen) atoms. The van der Waals surface area contributed by atoms with Gasteiger partial charge in [-0.25, -0.2) is 18.8 Å². The van der Waals surface area contributed by atoms with Gasteiger partial charge in [-0.2, -0.15) is 0 Å². The van der Waals surface area contributed by atoms with Crippen LogP contribution in [0.3, 0.4) is 0 Å². The first-order chi connectivity index (χ1) is 15.1. The smallest absolute Gasteiger partial charge is 0.450 e. The van der Waals surface area contributed by atoms with Crippen molar-refractivity contribution in [1.29, 1.82) is 0 Å². The van der Waals surface area contributed by atoms with Gasteiger partial charge in [0.2, 0.25) is 0 Å². The Kier molecular flexibility index (Phi) is 19.9. The Morgan fingerprint density at radius 2 is 1.34 bits per heavy atom. The summed E-state index contributed by atoms with van der Waals surface area (Å²) in [4.78, 5) is 29.2. The molecule has 0 atom stereocenters. The van der Waals surface area contributed by atoms with Gasteiger partial charge in [0.1, 0.15) is 19.0 Å². The summed E-state index contributed by atoms with van der Waals surface area (Å²) < 4.78 is 28.2. The number of hydrogen-bond donors (Lipinski definition) is 2. The van der Waals surface area contributed by atoms with E-state index < -0.39 is 18.5 Å². The molecule has 11 heteroatoms. The van der Waals surface area contributed by atoms with Crippen LogP contribution in [0, 0.1) is 12.7 Å². The van der Waals surface area contributed by atoms with Gasteiger partial charge in [0, 0.05) is 5.02 Å². The summed E-state index contributed by atoms with van der Waals surface area (Å²) in [5.41, 5.74) is 1.24. The van der Waals surface area contributed by atoms with Gasteiger partial charge in [-0.05, 0) is 38.1 Å². The number of methoxy groups -OCH3 is 1. The van der Waals surface area contributed by atoms with Gasteiger partial charge in [-0.15, -0.1) is 0 Å². The minimum absolute atomic E-state index is 0.178. The van der Waals surface area contributed by atoms with Crippen LogP contribution in [0.5, 0.6) is 0 Å². The number of hydrogen-bond acceptors (Lipinski definition) is 7. The molecule has 0 aromatic heterocycles. The van der Waals surface area contributed by atoms with Crippen LogP contribution in [-0.4, -0.2) is 55.6 Å². The number of benzene rings is 2. The Morgan fingerprint density at radius 1 is 0.875 bits per heavy atom. The first kappa shape index (κ1) is 30.7. The molecule has 0 fully saturated rings. The summed E-state index contributed by atoms with van der Waals surface area (Å²) in [6.07, 6.45) is -3.52. The van der Waals surface area contributed by atoms with Crippen molar-refractivity contribution in [2.75, 3.05) is 26.9 Å². The topological polar surface area (TPSA) is 129 Å². The molecule has 178 valence electrons. The maximum absolute atomic E-state index is 11.9. The molecule has 0 saturated carbocycles. The Balaban J connectivity index is 0. The third-order valence-electron chi connectivity index (χ3n) is 2.71. The number of aryl methyl sites for hydroxylation is 1. The fraction of sp³-hybridized carbons (Fsp3) is 0.286. The molecule has 0 unspecified atom stereocenters. The highest BCUT2D eigenvalue weighted by atomic mass is 35.5. The largest absolute Gasteiger partial charge is 0.507 e. The molecule has 0 bridgehead atoms. The van der Waals surface area contributed by atoms with Crippen LogP contribution in [0.4, 0.5) is 18.8 Å². The minimum atomic E-state index is -1.45. The molecule has 2 aromatic carbocycles. The average molecular weight is 477 g/mol. The van der Waals surface area contributed by atoms with Gasteiger partial charge in [0.25, 0.3) is 0 Å². The molecule has 0 aliphatic heterocycles. The fourth-order valence-electron chi connectivity index (χ4n) is 1.38. The number of halogens is 2. The lowest BCUT2D eigenvalue weighted by Gasteiger charge is -1.98. The maximum Gasteiger partial charge on any atom is 0.507 e. The fourth-order valence-corrected chi connectivity index (χ4v) is 1.51. The quantitative estimate of drug-likeness (QED) is 0.327. The predicted molar refractivity (Wildman–Crippen MR) is 115 cm³/mol. The highest BCUT2D eigenvalue weighted by Gasteiger charge is 1.98. The molecule has 0 radical (unpaired) electrons. The molecular formula is C21H26ClFO9. The van der Waals surface area contributed by atoms with E-state index in [9.17, 15) is 18.8 Å². The number of ether oxygens (including phenoxy) is 4. The zero-order chi connectivity index (χ0) is 24.8. The second-order valence-electron chi connectivity index (χ2n) is 5.21. The Labute approximate surface area is 190 Å². The van der Waals surface area contributed by atoms with Gasteiger partial charge in [0.15, 0.2) is 0 Å². The van der Waals surface area contributed by atoms with E-state index in [2.05, 4.69) is 18.9 Å². The minimum Gasteiger partial charge on any atom is -0.450 e. The van der Waals surface area contributed by atoms with Gasteiger partial charge in [-0.1, -0.05) is 47.5 Å². The van der Waals surface area contributed by atoms with Crippen molar-refractivity contribution in [3.05, 3.63) is 71.0 Å². The standard InChI is InChI=1S/C7H7Cl.C6H5F.C4H6O6.C4H8O3/c1-6-2-4-7(8)5-3-6;7-6-4-2-1-3-5-6;5-3(6)9-1-2-10-4(7)8;1-3-7-4(5)6-2/h2-5H,1H3;1-5H;1-2H2,(H,5,6)(H,7,8);3H2,1-2H3. The van der Waals surface area contributed by atoms with Gasteiger partial charge in [0.05, 0.1) is 13.7 Å². The van der Waals surface area contributed by atoms with Crippen LogP contribution in [0.2, 0.25) is 5.02 Å². The highest BCUT2D eigenvalue weighted by Crippen LogP contribution is 2.07. The molecule has 2 rings (SSSR count). The zero-order valence-electron chi connectivity index (χ0n) is 17.8. The second-order valence-corrected chi connectivity index (χ2v) is 5.64. The third-order valence-corrected chi connectivity index (χ3v) is 2.96. The first-order valence-corrected chi connectivity index (χ1v) is 9.35. The summed E-state index contributed by atoms with van der Waals surface area (Å²) in [7, 11) is 1.28. The van der Waals surface area contributed by atoms with E-state index in [1.165, 1.54) is 24.8 Å². The van der Waals surface area contributed by atoms with Crippen molar-refractivity contribution >= 4 is 30.1 Å². The van der Waals surface area contributed by atoms with E-state index in [-0.39, 0.29) is 19.0 Å². The normalized spacial score (nSPS) is 8.53. The van der Waals surface area contributed by atoms with Crippen molar-refractivity contribution in [1.82, 2.24) is 0 Å². The van der Waals surface area contributed by atoms with Crippen LogP contribution in [-0.2, 0) is 18.9 Å². The lowest BCUT2D eigenvalue weighted by atomic mass is 10.2. The maximum atomic E-state index is 11.9. The number of carbonyl (C=O) groups excluding carboxylic acids is 1. The molecular weight excluding hydrogens is 451 g/mol. The van der Waals surface area contributed by atoms with Crippen molar-refractivity contribution in [3.8, 4) is 0 Å². The molecule has 0 spiro atoms. The zero-order valence-corrected chi connectivity index (χ0v) is 18.6. The van der Waals surface area contributed by atoms with E-state index in [1.54, 1.807) is 25.1 Å². The summed E-state index contributed by atoms with van der Waals surface area (Å²) in [5, 5.41) is 16.5. The summed E-state index contributed by atoms with van der Waals surface area (Å²) in [6.45, 7) is 3.57. The van der Waals surface area contributed by atoms with Crippen LogP contribution in [0.25, 0.3) is 0 Å². The predicted octanol–water partition coefficient (Wildman–Crippen LogP) is 5.64. The van der Waals surface area contributed by atoms with Crippen LogP contribution >= 0.6 is 11.6 Å². The summed E-state index contributed by atoms with van der Waals surface area (Å²) >= 11 is 5.61. The first-order valence-electron chi connectivity index (χ1n) is 8.97. The molecule has 0 heterocycles. The highest BCUT2D eigenvalue weighted by molar-refractivity contribution is 6.30. The van der Waals surface area contributed by atoms with Gasteiger partial charge in [-0.3, -0.25) is 0 Å². The molecule has 0 saturated heterocycles.